The van der Waals surface area contributed by atoms with Crippen LogP contribution in [0.1, 0.15) is 5.56 Å². The van der Waals surface area contributed by atoms with Crippen LogP contribution in [0.4, 0.5) is 17.6 Å². The Bertz CT molecular complexity index is 1460. The van der Waals surface area contributed by atoms with Gasteiger partial charge in [0.15, 0.2) is 5.82 Å². The molecule has 0 aliphatic heterocycles. The van der Waals surface area contributed by atoms with Gasteiger partial charge in [-0.15, -0.1) is 0 Å². The Morgan fingerprint density at radius 2 is 1.91 bits per heavy atom. The summed E-state index contributed by atoms with van der Waals surface area (Å²) >= 11 is 0. The number of hydrogen-bond acceptors (Lipinski definition) is 7. The Labute approximate surface area is 185 Å². The third-order valence-corrected chi connectivity index (χ3v) is 5.49. The summed E-state index contributed by atoms with van der Waals surface area (Å²) in [5, 5.41) is 13.1. The van der Waals surface area contributed by atoms with Crippen molar-refractivity contribution in [3.63, 3.8) is 0 Å². The van der Waals surface area contributed by atoms with Crippen LogP contribution in [0.15, 0.2) is 54.7 Å². The van der Waals surface area contributed by atoms with Crippen molar-refractivity contribution in [1.82, 2.24) is 24.7 Å². The average Bonchev–Trinajstić information content (AvgIpc) is 3.13. The predicted octanol–water partition coefficient (Wildman–Crippen LogP) is 4.68. The standard InChI is InChI=1S/C24H23N7O/c1-14-8-10-17-22(31(3)30-23(17)29-19-6-5-7-20(28-19)32-4)21(14)15-9-11-18-16(12-15)13-26-24(25-2)27-18/h5-13H,1-4H3,(H,25,26,27)(H,28,29,30). The fraction of sp³-hybridized carbons (Fsp3) is 0.167. The molecule has 8 heteroatoms. The maximum Gasteiger partial charge on any atom is 0.222 e. The summed E-state index contributed by atoms with van der Waals surface area (Å²) in [4.78, 5) is 13.3. The van der Waals surface area contributed by atoms with E-state index in [4.69, 9.17) is 9.84 Å². The van der Waals surface area contributed by atoms with Gasteiger partial charge in [-0.2, -0.15) is 10.1 Å². The number of methoxy groups -OCH3 is 1. The van der Waals surface area contributed by atoms with Gasteiger partial charge in [0, 0.05) is 42.7 Å². The minimum Gasteiger partial charge on any atom is -0.481 e. The molecule has 0 aliphatic rings. The van der Waals surface area contributed by atoms with E-state index in [2.05, 4.69) is 56.8 Å². The number of nitrogens with zero attached hydrogens (tertiary/aromatic N) is 5. The summed E-state index contributed by atoms with van der Waals surface area (Å²) in [7, 11) is 5.37. The van der Waals surface area contributed by atoms with Crippen LogP contribution in [0.3, 0.4) is 0 Å². The first kappa shape index (κ1) is 19.7. The number of aryl methyl sites for hydroxylation is 2. The number of ether oxygens (including phenoxy) is 1. The van der Waals surface area contributed by atoms with Gasteiger partial charge in [-0.05, 0) is 42.3 Å². The van der Waals surface area contributed by atoms with Gasteiger partial charge in [0.2, 0.25) is 11.8 Å². The van der Waals surface area contributed by atoms with E-state index in [1.807, 2.05) is 49.2 Å². The lowest BCUT2D eigenvalue weighted by Gasteiger charge is -2.11. The fourth-order valence-electron chi connectivity index (χ4n) is 3.96. The highest BCUT2D eigenvalue weighted by atomic mass is 16.5. The number of benzene rings is 2. The number of hydrogen-bond donors (Lipinski definition) is 2. The van der Waals surface area contributed by atoms with Crippen LogP contribution in [-0.4, -0.2) is 38.9 Å². The van der Waals surface area contributed by atoms with Crippen LogP contribution in [0.5, 0.6) is 5.88 Å². The second kappa shape index (κ2) is 7.81. The summed E-state index contributed by atoms with van der Waals surface area (Å²) < 4.78 is 7.14. The molecule has 0 saturated heterocycles. The van der Waals surface area contributed by atoms with Gasteiger partial charge in [-0.1, -0.05) is 18.2 Å². The van der Waals surface area contributed by atoms with Crippen LogP contribution in [0, 0.1) is 6.92 Å². The Morgan fingerprint density at radius 3 is 2.72 bits per heavy atom. The van der Waals surface area contributed by atoms with Gasteiger partial charge in [0.1, 0.15) is 5.82 Å². The van der Waals surface area contributed by atoms with Crippen LogP contribution in [-0.2, 0) is 7.05 Å². The zero-order valence-corrected chi connectivity index (χ0v) is 18.3. The highest BCUT2D eigenvalue weighted by molar-refractivity contribution is 6.03. The van der Waals surface area contributed by atoms with Gasteiger partial charge in [0.05, 0.1) is 18.1 Å². The van der Waals surface area contributed by atoms with Crippen molar-refractivity contribution >= 4 is 39.4 Å². The van der Waals surface area contributed by atoms with Crippen molar-refractivity contribution in [1.29, 1.82) is 0 Å². The molecule has 0 spiro atoms. The number of rotatable bonds is 5. The fourth-order valence-corrected chi connectivity index (χ4v) is 3.96. The highest BCUT2D eigenvalue weighted by Gasteiger charge is 2.17. The number of fused-ring (bicyclic) bond motifs is 2. The summed E-state index contributed by atoms with van der Waals surface area (Å²) in [6, 6.07) is 16.1. The average molecular weight is 425 g/mol. The number of pyridine rings is 1. The molecule has 0 radical (unpaired) electrons. The lowest BCUT2D eigenvalue weighted by molar-refractivity contribution is 0.398. The molecule has 5 aromatic rings. The van der Waals surface area contributed by atoms with Crippen molar-refractivity contribution in [3.05, 3.63) is 60.3 Å². The second-order valence-electron chi connectivity index (χ2n) is 7.53. The van der Waals surface area contributed by atoms with E-state index in [0.29, 0.717) is 17.6 Å². The van der Waals surface area contributed by atoms with Crippen molar-refractivity contribution < 1.29 is 4.74 Å². The second-order valence-corrected chi connectivity index (χ2v) is 7.53. The van der Waals surface area contributed by atoms with E-state index < -0.39 is 0 Å². The third kappa shape index (κ3) is 3.35. The van der Waals surface area contributed by atoms with Crippen LogP contribution >= 0.6 is 0 Å². The molecule has 32 heavy (non-hydrogen) atoms. The molecule has 3 heterocycles. The summed E-state index contributed by atoms with van der Waals surface area (Å²) in [5.74, 6) is 2.57. The molecule has 0 atom stereocenters. The van der Waals surface area contributed by atoms with Gasteiger partial charge in [-0.3, -0.25) is 4.68 Å². The molecule has 0 bridgehead atoms. The van der Waals surface area contributed by atoms with Gasteiger partial charge >= 0.3 is 0 Å². The first-order chi connectivity index (χ1) is 15.6. The minimum absolute atomic E-state index is 0.548. The molecule has 5 rings (SSSR count). The summed E-state index contributed by atoms with van der Waals surface area (Å²) in [6.45, 7) is 2.11. The van der Waals surface area contributed by atoms with Crippen molar-refractivity contribution in [2.75, 3.05) is 24.8 Å². The van der Waals surface area contributed by atoms with Gasteiger partial charge in [-0.25, -0.2) is 9.97 Å². The molecular weight excluding hydrogens is 402 g/mol. The topological polar surface area (TPSA) is 89.8 Å². The van der Waals surface area contributed by atoms with E-state index in [-0.39, 0.29) is 0 Å². The summed E-state index contributed by atoms with van der Waals surface area (Å²) in [5.41, 5.74) is 5.33. The molecule has 0 unspecified atom stereocenters. The van der Waals surface area contributed by atoms with E-state index in [1.165, 1.54) is 5.56 Å². The lowest BCUT2D eigenvalue weighted by atomic mass is 9.96. The smallest absolute Gasteiger partial charge is 0.222 e. The van der Waals surface area contributed by atoms with E-state index >= 15 is 0 Å². The molecule has 0 saturated carbocycles. The lowest BCUT2D eigenvalue weighted by Crippen LogP contribution is -1.97. The Kier molecular flexibility index (Phi) is 4.82. The predicted molar refractivity (Wildman–Crippen MR) is 128 cm³/mol. The first-order valence-corrected chi connectivity index (χ1v) is 10.3. The maximum atomic E-state index is 5.24. The minimum atomic E-state index is 0.548. The van der Waals surface area contributed by atoms with E-state index in [9.17, 15) is 0 Å². The Hall–Kier alpha value is -4.20. The molecule has 8 nitrogen and oxygen atoms in total. The van der Waals surface area contributed by atoms with Crippen LogP contribution < -0.4 is 15.4 Å². The molecular formula is C24H23N7O. The highest BCUT2D eigenvalue weighted by Crippen LogP contribution is 2.36. The maximum absolute atomic E-state index is 5.24. The third-order valence-electron chi connectivity index (χ3n) is 5.49. The molecule has 3 aromatic heterocycles. The van der Waals surface area contributed by atoms with Crippen molar-refractivity contribution in [3.8, 4) is 17.0 Å². The van der Waals surface area contributed by atoms with Crippen LogP contribution in [0.25, 0.3) is 32.9 Å². The zero-order chi connectivity index (χ0) is 22.2. The number of nitrogens with one attached hydrogen (secondary N) is 2. The van der Waals surface area contributed by atoms with Gasteiger partial charge < -0.3 is 15.4 Å². The monoisotopic (exact) mass is 425 g/mol. The van der Waals surface area contributed by atoms with E-state index in [0.717, 1.165) is 38.8 Å². The van der Waals surface area contributed by atoms with Crippen molar-refractivity contribution in [2.45, 2.75) is 6.92 Å². The zero-order valence-electron chi connectivity index (χ0n) is 18.3. The number of aromatic nitrogens is 5. The quantitative estimate of drug-likeness (QED) is 0.422. The number of anilines is 3. The molecule has 2 aromatic carbocycles. The normalized spacial score (nSPS) is 11.1. The summed E-state index contributed by atoms with van der Waals surface area (Å²) in [6.07, 6.45) is 1.85. The first-order valence-electron chi connectivity index (χ1n) is 10.3. The Balaban J connectivity index is 1.64. The van der Waals surface area contributed by atoms with Crippen molar-refractivity contribution in [2.24, 2.45) is 7.05 Å². The molecule has 0 amide bonds. The van der Waals surface area contributed by atoms with Gasteiger partial charge in [0.25, 0.3) is 0 Å². The molecule has 2 N–H and O–H groups in total. The van der Waals surface area contributed by atoms with E-state index in [1.54, 1.807) is 7.11 Å². The largest absolute Gasteiger partial charge is 0.481 e. The molecule has 160 valence electrons. The SMILES string of the molecule is CNc1ncc2cc(-c3c(C)ccc4c(Nc5cccc(OC)n5)nn(C)c34)ccc2n1. The molecule has 0 aliphatic carbocycles. The van der Waals surface area contributed by atoms with Crippen LogP contribution in [0.2, 0.25) is 0 Å². The Morgan fingerprint density at radius 1 is 1.03 bits per heavy atom. The molecule has 0 fully saturated rings.